The molecule has 1 heterocycles. The summed E-state index contributed by atoms with van der Waals surface area (Å²) >= 11 is 4.85. The van der Waals surface area contributed by atoms with Gasteiger partial charge in [0.2, 0.25) is 0 Å². The average molecular weight is 239 g/mol. The number of hydrogen-bond donors (Lipinski definition) is 2. The van der Waals surface area contributed by atoms with E-state index in [-0.39, 0.29) is 12.1 Å². The van der Waals surface area contributed by atoms with E-state index >= 15 is 0 Å². The highest BCUT2D eigenvalue weighted by atomic mass is 32.1. The van der Waals surface area contributed by atoms with Gasteiger partial charge >= 0.3 is 0 Å². The van der Waals surface area contributed by atoms with E-state index in [1.807, 2.05) is 37.9 Å². The van der Waals surface area contributed by atoms with Gasteiger partial charge in [-0.3, -0.25) is 0 Å². The van der Waals surface area contributed by atoms with Crippen molar-refractivity contribution < 1.29 is 5.11 Å². The lowest BCUT2D eigenvalue weighted by molar-refractivity contribution is 0.215. The second-order valence-corrected chi connectivity index (χ2v) is 4.74. The fourth-order valence-electron chi connectivity index (χ4n) is 1.15. The number of aliphatic hydroxyl groups is 1. The molecule has 0 unspecified atom stereocenters. The SMILES string of the molecule is CN(c1ccc(C(N)=S)cn1)C(C)(C)CO. The topological polar surface area (TPSA) is 62.4 Å². The van der Waals surface area contributed by atoms with Crippen molar-refractivity contribution >= 4 is 23.0 Å². The highest BCUT2D eigenvalue weighted by Crippen LogP contribution is 2.19. The molecule has 5 heteroatoms. The largest absolute Gasteiger partial charge is 0.394 e. The van der Waals surface area contributed by atoms with Gasteiger partial charge in [0, 0.05) is 18.8 Å². The van der Waals surface area contributed by atoms with Crippen LogP contribution >= 0.6 is 12.2 Å². The van der Waals surface area contributed by atoms with Gasteiger partial charge < -0.3 is 15.7 Å². The first-order valence-electron chi connectivity index (χ1n) is 4.99. The van der Waals surface area contributed by atoms with E-state index < -0.39 is 0 Å². The van der Waals surface area contributed by atoms with Gasteiger partial charge in [-0.1, -0.05) is 12.2 Å². The molecule has 88 valence electrons. The molecular weight excluding hydrogens is 222 g/mol. The average Bonchev–Trinajstić information content (AvgIpc) is 2.28. The maximum atomic E-state index is 9.26. The Balaban J connectivity index is 2.94. The molecule has 16 heavy (non-hydrogen) atoms. The van der Waals surface area contributed by atoms with Gasteiger partial charge in [-0.2, -0.15) is 0 Å². The number of nitrogens with two attached hydrogens (primary N) is 1. The predicted octanol–water partition coefficient (Wildman–Crippen LogP) is 0.923. The Morgan fingerprint density at radius 3 is 2.56 bits per heavy atom. The monoisotopic (exact) mass is 239 g/mol. The molecule has 0 saturated heterocycles. The Morgan fingerprint density at radius 2 is 2.19 bits per heavy atom. The first-order valence-corrected chi connectivity index (χ1v) is 5.40. The van der Waals surface area contributed by atoms with Crippen LogP contribution in [0.3, 0.4) is 0 Å². The van der Waals surface area contributed by atoms with Gasteiger partial charge in [0.1, 0.15) is 10.8 Å². The number of nitrogens with zero attached hydrogens (tertiary/aromatic N) is 2. The van der Waals surface area contributed by atoms with E-state index in [2.05, 4.69) is 4.98 Å². The van der Waals surface area contributed by atoms with Gasteiger partial charge in [-0.05, 0) is 26.0 Å². The Bertz CT molecular complexity index is 375. The van der Waals surface area contributed by atoms with Crippen molar-refractivity contribution in [2.45, 2.75) is 19.4 Å². The maximum Gasteiger partial charge on any atom is 0.128 e. The van der Waals surface area contributed by atoms with Crippen molar-refractivity contribution in [3.05, 3.63) is 23.9 Å². The number of pyridine rings is 1. The van der Waals surface area contributed by atoms with Gasteiger partial charge in [-0.15, -0.1) is 0 Å². The molecule has 1 aromatic heterocycles. The summed E-state index contributed by atoms with van der Waals surface area (Å²) in [5.41, 5.74) is 5.88. The molecule has 0 atom stereocenters. The van der Waals surface area contributed by atoms with Crippen LogP contribution in [0.2, 0.25) is 0 Å². The number of rotatable bonds is 4. The highest BCUT2D eigenvalue weighted by Gasteiger charge is 2.23. The van der Waals surface area contributed by atoms with Crippen LogP contribution in [0, 0.1) is 0 Å². The maximum absolute atomic E-state index is 9.26. The number of thiocarbonyl (C=S) groups is 1. The number of hydrogen-bond acceptors (Lipinski definition) is 4. The molecule has 0 aliphatic rings. The molecule has 0 saturated carbocycles. The molecule has 0 amide bonds. The Hall–Kier alpha value is -1.20. The van der Waals surface area contributed by atoms with Crippen LogP contribution in [-0.4, -0.2) is 34.3 Å². The quantitative estimate of drug-likeness (QED) is 0.765. The molecule has 0 spiro atoms. The zero-order valence-corrected chi connectivity index (χ0v) is 10.6. The smallest absolute Gasteiger partial charge is 0.128 e. The second kappa shape index (κ2) is 4.76. The van der Waals surface area contributed by atoms with E-state index in [1.54, 1.807) is 6.20 Å². The van der Waals surface area contributed by atoms with Crippen molar-refractivity contribution in [2.75, 3.05) is 18.6 Å². The van der Waals surface area contributed by atoms with Gasteiger partial charge in [0.05, 0.1) is 12.1 Å². The summed E-state index contributed by atoms with van der Waals surface area (Å²) in [4.78, 5) is 6.51. The zero-order valence-electron chi connectivity index (χ0n) is 9.77. The first-order chi connectivity index (χ1) is 7.38. The van der Waals surface area contributed by atoms with Crippen LogP contribution in [0.15, 0.2) is 18.3 Å². The van der Waals surface area contributed by atoms with Gasteiger partial charge in [0.25, 0.3) is 0 Å². The Labute approximate surface area is 101 Å². The van der Waals surface area contributed by atoms with Crippen LogP contribution in [0.1, 0.15) is 19.4 Å². The number of aromatic nitrogens is 1. The third-order valence-electron chi connectivity index (χ3n) is 2.67. The Kier molecular flexibility index (Phi) is 3.83. The van der Waals surface area contributed by atoms with Crippen LogP contribution in [0.4, 0.5) is 5.82 Å². The molecular formula is C11H17N3OS. The molecule has 0 aromatic carbocycles. The lowest BCUT2D eigenvalue weighted by atomic mass is 10.1. The van der Waals surface area contributed by atoms with Gasteiger partial charge in [0.15, 0.2) is 0 Å². The molecule has 4 nitrogen and oxygen atoms in total. The minimum absolute atomic E-state index is 0.0578. The van der Waals surface area contributed by atoms with Gasteiger partial charge in [-0.25, -0.2) is 4.98 Å². The fraction of sp³-hybridized carbons (Fsp3) is 0.455. The lowest BCUT2D eigenvalue weighted by Crippen LogP contribution is -2.44. The van der Waals surface area contributed by atoms with E-state index in [4.69, 9.17) is 18.0 Å². The summed E-state index contributed by atoms with van der Waals surface area (Å²) in [6, 6.07) is 3.67. The van der Waals surface area contributed by atoms with Crippen LogP contribution in [0.5, 0.6) is 0 Å². The van der Waals surface area contributed by atoms with Crippen molar-refractivity contribution in [2.24, 2.45) is 5.73 Å². The Morgan fingerprint density at radius 1 is 1.56 bits per heavy atom. The lowest BCUT2D eigenvalue weighted by Gasteiger charge is -2.34. The highest BCUT2D eigenvalue weighted by molar-refractivity contribution is 7.80. The molecule has 3 N–H and O–H groups in total. The summed E-state index contributed by atoms with van der Waals surface area (Å²) in [5, 5.41) is 9.26. The van der Waals surface area contributed by atoms with Crippen LogP contribution in [-0.2, 0) is 0 Å². The fourth-order valence-corrected chi connectivity index (χ4v) is 1.27. The third-order valence-corrected chi connectivity index (χ3v) is 2.91. The molecule has 1 aromatic rings. The predicted molar refractivity (Wildman–Crippen MR) is 69.7 cm³/mol. The number of aliphatic hydroxyl groups excluding tert-OH is 1. The standard InChI is InChI=1S/C11H17N3OS/c1-11(2,7-15)14(3)9-5-4-8(6-13-9)10(12)16/h4-6,15H,7H2,1-3H3,(H2,12,16). The minimum atomic E-state index is -0.349. The number of anilines is 1. The first kappa shape index (κ1) is 12.9. The molecule has 1 rings (SSSR count). The van der Waals surface area contributed by atoms with Crippen molar-refractivity contribution in [1.29, 1.82) is 0 Å². The molecule has 0 aliphatic heterocycles. The summed E-state index contributed by atoms with van der Waals surface area (Å²) in [5.74, 6) is 0.777. The molecule has 0 radical (unpaired) electrons. The van der Waals surface area contributed by atoms with Crippen molar-refractivity contribution in [1.82, 2.24) is 4.98 Å². The van der Waals surface area contributed by atoms with Crippen LogP contribution < -0.4 is 10.6 Å². The van der Waals surface area contributed by atoms with Crippen molar-refractivity contribution in [3.63, 3.8) is 0 Å². The van der Waals surface area contributed by atoms with E-state index in [0.29, 0.717) is 4.99 Å². The minimum Gasteiger partial charge on any atom is -0.394 e. The van der Waals surface area contributed by atoms with Crippen LogP contribution in [0.25, 0.3) is 0 Å². The van der Waals surface area contributed by atoms with E-state index in [9.17, 15) is 5.11 Å². The van der Waals surface area contributed by atoms with E-state index in [1.165, 1.54) is 0 Å². The summed E-state index contributed by atoms with van der Waals surface area (Å²) in [7, 11) is 1.89. The normalized spacial score (nSPS) is 11.2. The van der Waals surface area contributed by atoms with Crippen molar-refractivity contribution in [3.8, 4) is 0 Å². The second-order valence-electron chi connectivity index (χ2n) is 4.30. The zero-order chi connectivity index (χ0) is 12.3. The molecule has 0 bridgehead atoms. The molecule has 0 aliphatic carbocycles. The summed E-state index contributed by atoms with van der Waals surface area (Å²) in [6.45, 7) is 3.94. The number of likely N-dealkylation sites (N-methyl/N-ethyl adjacent to an activating group) is 1. The third kappa shape index (κ3) is 2.68. The molecule has 0 fully saturated rings. The van der Waals surface area contributed by atoms with E-state index in [0.717, 1.165) is 11.4 Å². The summed E-state index contributed by atoms with van der Waals surface area (Å²) in [6.07, 6.45) is 1.64. The summed E-state index contributed by atoms with van der Waals surface area (Å²) < 4.78 is 0.